The molecule has 2 aliphatic rings. The number of amides is 1. The van der Waals surface area contributed by atoms with E-state index in [1.54, 1.807) is 6.92 Å². The Morgan fingerprint density at radius 2 is 1.96 bits per heavy atom. The molecular weight excluding hydrogens is 314 g/mol. The van der Waals surface area contributed by atoms with Crippen LogP contribution in [0.25, 0.3) is 0 Å². The SMILES string of the molecule is CCS(=O)(=O)N1CCC(NC(=O)c2ccc3c(c2)CNC3)CC1. The Bertz CT molecular complexity index is 695. The van der Waals surface area contributed by atoms with Crippen LogP contribution < -0.4 is 10.6 Å². The van der Waals surface area contributed by atoms with Crippen molar-refractivity contribution in [1.82, 2.24) is 14.9 Å². The van der Waals surface area contributed by atoms with Gasteiger partial charge >= 0.3 is 0 Å². The minimum Gasteiger partial charge on any atom is -0.349 e. The highest BCUT2D eigenvalue weighted by Gasteiger charge is 2.27. The molecule has 1 amide bonds. The Hall–Kier alpha value is -1.44. The maximum absolute atomic E-state index is 12.4. The van der Waals surface area contributed by atoms with Crippen molar-refractivity contribution < 1.29 is 13.2 Å². The number of nitrogens with one attached hydrogen (secondary N) is 2. The van der Waals surface area contributed by atoms with Crippen LogP contribution in [-0.4, -0.2) is 43.5 Å². The van der Waals surface area contributed by atoms with Crippen LogP contribution in [0.5, 0.6) is 0 Å². The third-order valence-corrected chi connectivity index (χ3v) is 6.53. The monoisotopic (exact) mass is 337 g/mol. The molecule has 0 atom stereocenters. The van der Waals surface area contributed by atoms with E-state index in [0.29, 0.717) is 31.5 Å². The van der Waals surface area contributed by atoms with Gasteiger partial charge in [0.1, 0.15) is 0 Å². The van der Waals surface area contributed by atoms with E-state index in [-0.39, 0.29) is 17.7 Å². The van der Waals surface area contributed by atoms with Crippen LogP contribution in [0.4, 0.5) is 0 Å². The summed E-state index contributed by atoms with van der Waals surface area (Å²) >= 11 is 0. The number of carbonyl (C=O) groups excluding carboxylic acids is 1. The first-order valence-electron chi connectivity index (χ1n) is 8.11. The molecule has 1 saturated heterocycles. The Morgan fingerprint density at radius 3 is 2.65 bits per heavy atom. The Balaban J connectivity index is 1.57. The summed E-state index contributed by atoms with van der Waals surface area (Å²) in [4.78, 5) is 12.4. The topological polar surface area (TPSA) is 78.5 Å². The molecule has 2 N–H and O–H groups in total. The average molecular weight is 337 g/mol. The van der Waals surface area contributed by atoms with Gasteiger partial charge in [-0.15, -0.1) is 0 Å². The summed E-state index contributed by atoms with van der Waals surface area (Å²) in [6.07, 6.45) is 1.33. The van der Waals surface area contributed by atoms with Crippen molar-refractivity contribution in [3.05, 3.63) is 34.9 Å². The van der Waals surface area contributed by atoms with Crippen LogP contribution >= 0.6 is 0 Å². The summed E-state index contributed by atoms with van der Waals surface area (Å²) in [5.41, 5.74) is 3.11. The molecule has 1 aromatic carbocycles. The largest absolute Gasteiger partial charge is 0.349 e. The first-order valence-corrected chi connectivity index (χ1v) is 9.71. The van der Waals surface area contributed by atoms with Crippen molar-refractivity contribution >= 4 is 15.9 Å². The van der Waals surface area contributed by atoms with Gasteiger partial charge < -0.3 is 10.6 Å². The van der Waals surface area contributed by atoms with Gasteiger partial charge in [0, 0.05) is 37.8 Å². The van der Waals surface area contributed by atoms with Crippen LogP contribution in [0.3, 0.4) is 0 Å². The average Bonchev–Trinajstić information content (AvgIpc) is 3.03. The van der Waals surface area contributed by atoms with Crippen molar-refractivity contribution in [2.75, 3.05) is 18.8 Å². The second-order valence-corrected chi connectivity index (χ2v) is 8.39. The van der Waals surface area contributed by atoms with Crippen molar-refractivity contribution in [2.24, 2.45) is 0 Å². The number of nitrogens with zero attached hydrogens (tertiary/aromatic N) is 1. The fraction of sp³-hybridized carbons (Fsp3) is 0.562. The number of benzene rings is 1. The molecule has 0 bridgehead atoms. The molecule has 126 valence electrons. The molecule has 0 aromatic heterocycles. The third kappa shape index (κ3) is 3.57. The molecule has 0 saturated carbocycles. The summed E-state index contributed by atoms with van der Waals surface area (Å²) in [5.74, 6) is 0.0594. The summed E-state index contributed by atoms with van der Waals surface area (Å²) < 4.78 is 25.2. The summed E-state index contributed by atoms with van der Waals surface area (Å²) in [6.45, 7) is 4.29. The van der Waals surface area contributed by atoms with E-state index in [1.165, 1.54) is 15.4 Å². The van der Waals surface area contributed by atoms with Gasteiger partial charge in [0.25, 0.3) is 5.91 Å². The molecular formula is C16H23N3O3S. The lowest BCUT2D eigenvalue weighted by Gasteiger charge is -2.31. The number of rotatable bonds is 4. The van der Waals surface area contributed by atoms with Gasteiger partial charge in [-0.1, -0.05) is 6.07 Å². The van der Waals surface area contributed by atoms with Crippen LogP contribution in [0.2, 0.25) is 0 Å². The lowest BCUT2D eigenvalue weighted by molar-refractivity contribution is 0.0923. The normalized spacial score (nSPS) is 19.5. The van der Waals surface area contributed by atoms with E-state index in [9.17, 15) is 13.2 Å². The maximum atomic E-state index is 12.4. The van der Waals surface area contributed by atoms with Crippen molar-refractivity contribution in [3.63, 3.8) is 0 Å². The lowest BCUT2D eigenvalue weighted by Crippen LogP contribution is -2.46. The molecule has 0 aliphatic carbocycles. The van der Waals surface area contributed by atoms with E-state index in [0.717, 1.165) is 13.1 Å². The predicted molar refractivity (Wildman–Crippen MR) is 88.5 cm³/mol. The van der Waals surface area contributed by atoms with Crippen LogP contribution in [0.1, 0.15) is 41.3 Å². The predicted octanol–water partition coefficient (Wildman–Crippen LogP) is 0.834. The number of hydrogen-bond donors (Lipinski definition) is 2. The van der Waals surface area contributed by atoms with Crippen molar-refractivity contribution in [1.29, 1.82) is 0 Å². The van der Waals surface area contributed by atoms with Gasteiger partial charge in [0.15, 0.2) is 0 Å². The Kier molecular flexibility index (Phi) is 4.70. The highest BCUT2D eigenvalue weighted by molar-refractivity contribution is 7.89. The molecule has 1 aromatic rings. The Labute approximate surface area is 137 Å². The number of piperidine rings is 1. The molecule has 23 heavy (non-hydrogen) atoms. The fourth-order valence-electron chi connectivity index (χ4n) is 3.17. The zero-order valence-electron chi connectivity index (χ0n) is 13.3. The Morgan fingerprint density at radius 1 is 1.26 bits per heavy atom. The lowest BCUT2D eigenvalue weighted by atomic mass is 10.0. The van der Waals surface area contributed by atoms with Crippen LogP contribution in [-0.2, 0) is 23.1 Å². The van der Waals surface area contributed by atoms with Gasteiger partial charge in [-0.25, -0.2) is 12.7 Å². The van der Waals surface area contributed by atoms with Crippen LogP contribution in [0.15, 0.2) is 18.2 Å². The van der Waals surface area contributed by atoms with Crippen molar-refractivity contribution in [2.45, 2.75) is 38.9 Å². The molecule has 6 nitrogen and oxygen atoms in total. The van der Waals surface area contributed by atoms with E-state index >= 15 is 0 Å². The summed E-state index contributed by atoms with van der Waals surface area (Å²) in [6, 6.07) is 5.84. The van der Waals surface area contributed by atoms with E-state index in [4.69, 9.17) is 0 Å². The van der Waals surface area contributed by atoms with Gasteiger partial charge in [0.2, 0.25) is 10.0 Å². The maximum Gasteiger partial charge on any atom is 0.251 e. The first-order chi connectivity index (χ1) is 11.0. The highest BCUT2D eigenvalue weighted by atomic mass is 32.2. The molecule has 0 spiro atoms. The number of sulfonamides is 1. The summed E-state index contributed by atoms with van der Waals surface area (Å²) in [5, 5.41) is 6.30. The minimum atomic E-state index is -3.12. The molecule has 1 fully saturated rings. The molecule has 7 heteroatoms. The fourth-order valence-corrected chi connectivity index (χ4v) is 4.30. The van der Waals surface area contributed by atoms with Crippen molar-refractivity contribution in [3.8, 4) is 0 Å². The zero-order valence-corrected chi connectivity index (χ0v) is 14.2. The molecule has 0 radical (unpaired) electrons. The van der Waals surface area contributed by atoms with Gasteiger partial charge in [-0.05, 0) is 43.0 Å². The quantitative estimate of drug-likeness (QED) is 0.853. The molecule has 2 aliphatic heterocycles. The standard InChI is InChI=1S/C16H23N3O3S/c1-2-23(21,22)19-7-5-15(6-8-19)18-16(20)12-3-4-13-10-17-11-14(13)9-12/h3-4,9,15,17H,2,5-8,10-11H2,1H3,(H,18,20). The van der Waals surface area contributed by atoms with E-state index in [2.05, 4.69) is 10.6 Å². The van der Waals surface area contributed by atoms with E-state index in [1.807, 2.05) is 18.2 Å². The smallest absolute Gasteiger partial charge is 0.251 e. The van der Waals surface area contributed by atoms with Crippen LogP contribution in [0, 0.1) is 0 Å². The number of fused-ring (bicyclic) bond motifs is 1. The number of hydrogen-bond acceptors (Lipinski definition) is 4. The highest BCUT2D eigenvalue weighted by Crippen LogP contribution is 2.18. The molecule has 3 rings (SSSR count). The zero-order chi connectivity index (χ0) is 16.4. The second kappa shape index (κ2) is 6.59. The van der Waals surface area contributed by atoms with Gasteiger partial charge in [-0.2, -0.15) is 0 Å². The van der Waals surface area contributed by atoms with E-state index < -0.39 is 10.0 Å². The summed E-state index contributed by atoms with van der Waals surface area (Å²) in [7, 11) is -3.12. The van der Waals surface area contributed by atoms with Gasteiger partial charge in [0.05, 0.1) is 5.75 Å². The van der Waals surface area contributed by atoms with Gasteiger partial charge in [-0.3, -0.25) is 4.79 Å². The third-order valence-electron chi connectivity index (χ3n) is 4.65. The minimum absolute atomic E-state index is 0.0391. The molecule has 2 heterocycles. The first kappa shape index (κ1) is 16.4. The number of carbonyl (C=O) groups is 1. The molecule has 0 unspecified atom stereocenters. The second-order valence-electron chi connectivity index (χ2n) is 6.13.